The molecule has 2 fully saturated rings. The summed E-state index contributed by atoms with van der Waals surface area (Å²) < 4.78 is 14.4. The SMILES string of the molecule is Cc1cc(N2CCC[C@@](O)(CNC(=O)C3(Cc4ccccc4F)CCN(C)CC3)C2)ncn1. The van der Waals surface area contributed by atoms with Crippen LogP contribution in [0.2, 0.25) is 0 Å². The third-order valence-electron chi connectivity index (χ3n) is 7.16. The van der Waals surface area contributed by atoms with E-state index >= 15 is 0 Å². The predicted octanol–water partition coefficient (Wildman–Crippen LogP) is 2.33. The molecule has 1 atom stereocenters. The zero-order chi connectivity index (χ0) is 23.5. The van der Waals surface area contributed by atoms with Gasteiger partial charge in [0.25, 0.3) is 0 Å². The molecule has 0 spiro atoms. The van der Waals surface area contributed by atoms with Crippen LogP contribution in [0.15, 0.2) is 36.7 Å². The molecule has 0 aliphatic carbocycles. The van der Waals surface area contributed by atoms with Gasteiger partial charge in [-0.2, -0.15) is 0 Å². The number of piperidine rings is 2. The van der Waals surface area contributed by atoms with Crippen LogP contribution in [0.25, 0.3) is 0 Å². The van der Waals surface area contributed by atoms with Crippen molar-refractivity contribution in [3.63, 3.8) is 0 Å². The van der Waals surface area contributed by atoms with Gasteiger partial charge in [-0.05, 0) is 70.8 Å². The maximum Gasteiger partial charge on any atom is 0.226 e. The van der Waals surface area contributed by atoms with Gasteiger partial charge in [-0.25, -0.2) is 14.4 Å². The van der Waals surface area contributed by atoms with E-state index in [1.54, 1.807) is 12.1 Å². The molecule has 1 aromatic heterocycles. The molecule has 4 rings (SSSR count). The van der Waals surface area contributed by atoms with Crippen molar-refractivity contribution in [2.45, 2.75) is 44.6 Å². The molecule has 1 amide bonds. The summed E-state index contributed by atoms with van der Waals surface area (Å²) in [6.07, 6.45) is 4.64. The van der Waals surface area contributed by atoms with Crippen LogP contribution in [0.1, 0.15) is 36.9 Å². The van der Waals surface area contributed by atoms with Gasteiger partial charge in [0.15, 0.2) is 0 Å². The maximum atomic E-state index is 14.4. The average Bonchev–Trinajstić information content (AvgIpc) is 2.81. The van der Waals surface area contributed by atoms with E-state index in [4.69, 9.17) is 0 Å². The number of likely N-dealkylation sites (tertiary alicyclic amines) is 1. The highest BCUT2D eigenvalue weighted by atomic mass is 19.1. The molecule has 2 aromatic rings. The monoisotopic (exact) mass is 455 g/mol. The third kappa shape index (κ3) is 5.50. The summed E-state index contributed by atoms with van der Waals surface area (Å²) in [5.41, 5.74) is -0.278. The number of carbonyl (C=O) groups excluding carboxylic acids is 1. The van der Waals surface area contributed by atoms with Gasteiger partial charge in [-0.3, -0.25) is 4.79 Å². The molecule has 0 unspecified atom stereocenters. The molecule has 1 aromatic carbocycles. The van der Waals surface area contributed by atoms with Crippen LogP contribution in [-0.4, -0.2) is 71.3 Å². The Morgan fingerprint density at radius 1 is 1.18 bits per heavy atom. The number of hydrogen-bond acceptors (Lipinski definition) is 6. The number of benzene rings is 1. The van der Waals surface area contributed by atoms with Crippen molar-refractivity contribution < 1.29 is 14.3 Å². The van der Waals surface area contributed by atoms with Crippen molar-refractivity contribution >= 4 is 11.7 Å². The van der Waals surface area contributed by atoms with Crippen molar-refractivity contribution in [1.82, 2.24) is 20.2 Å². The molecule has 0 bridgehead atoms. The number of hydrogen-bond donors (Lipinski definition) is 2. The van der Waals surface area contributed by atoms with E-state index in [0.29, 0.717) is 37.8 Å². The molecule has 0 saturated carbocycles. The Morgan fingerprint density at radius 2 is 1.94 bits per heavy atom. The minimum atomic E-state index is -1.04. The normalized spacial score (nSPS) is 23.3. The van der Waals surface area contributed by atoms with Crippen LogP contribution >= 0.6 is 0 Å². The van der Waals surface area contributed by atoms with Crippen molar-refractivity contribution in [3.8, 4) is 0 Å². The smallest absolute Gasteiger partial charge is 0.226 e. The number of carbonyl (C=O) groups is 1. The molecule has 3 heterocycles. The fourth-order valence-corrected chi connectivity index (χ4v) is 5.03. The number of aromatic nitrogens is 2. The first-order valence-electron chi connectivity index (χ1n) is 11.7. The molecule has 2 saturated heterocycles. The molecule has 2 N–H and O–H groups in total. The first-order valence-corrected chi connectivity index (χ1v) is 11.7. The summed E-state index contributed by atoms with van der Waals surface area (Å²) in [5, 5.41) is 14.4. The van der Waals surface area contributed by atoms with Gasteiger partial charge in [0.2, 0.25) is 5.91 Å². The van der Waals surface area contributed by atoms with Crippen molar-refractivity contribution in [2.24, 2.45) is 5.41 Å². The lowest BCUT2D eigenvalue weighted by atomic mass is 9.72. The number of nitrogens with zero attached hydrogens (tertiary/aromatic N) is 4. The van der Waals surface area contributed by atoms with Gasteiger partial charge < -0.3 is 20.2 Å². The van der Waals surface area contributed by atoms with E-state index in [-0.39, 0.29) is 18.3 Å². The van der Waals surface area contributed by atoms with E-state index in [1.807, 2.05) is 26.1 Å². The fourth-order valence-electron chi connectivity index (χ4n) is 5.03. The first kappa shape index (κ1) is 23.6. The summed E-state index contributed by atoms with van der Waals surface area (Å²) in [4.78, 5) is 26.3. The van der Waals surface area contributed by atoms with Crippen LogP contribution in [0.5, 0.6) is 0 Å². The Labute approximate surface area is 195 Å². The summed E-state index contributed by atoms with van der Waals surface area (Å²) in [7, 11) is 2.04. The number of rotatable bonds is 6. The third-order valence-corrected chi connectivity index (χ3v) is 7.16. The van der Waals surface area contributed by atoms with E-state index in [0.717, 1.165) is 37.6 Å². The number of anilines is 1. The molecule has 2 aliphatic heterocycles. The fraction of sp³-hybridized carbons (Fsp3) is 0.560. The summed E-state index contributed by atoms with van der Waals surface area (Å²) >= 11 is 0. The summed E-state index contributed by atoms with van der Waals surface area (Å²) in [6, 6.07) is 8.60. The number of β-amino-alcohol motifs (C(OH)–C–C–N with tert-alkyl or cyclic N) is 1. The van der Waals surface area contributed by atoms with Crippen LogP contribution in [0.4, 0.5) is 10.2 Å². The quantitative estimate of drug-likeness (QED) is 0.696. The maximum absolute atomic E-state index is 14.4. The van der Waals surface area contributed by atoms with Gasteiger partial charge in [0.05, 0.1) is 11.0 Å². The van der Waals surface area contributed by atoms with Crippen LogP contribution in [-0.2, 0) is 11.2 Å². The highest BCUT2D eigenvalue weighted by Crippen LogP contribution is 2.36. The Hall–Kier alpha value is -2.58. The van der Waals surface area contributed by atoms with Gasteiger partial charge in [0, 0.05) is 31.4 Å². The van der Waals surface area contributed by atoms with Gasteiger partial charge in [0.1, 0.15) is 18.0 Å². The van der Waals surface area contributed by atoms with Crippen molar-refractivity contribution in [3.05, 3.63) is 53.7 Å². The predicted molar refractivity (Wildman–Crippen MR) is 125 cm³/mol. The number of aliphatic hydroxyl groups is 1. The average molecular weight is 456 g/mol. The van der Waals surface area contributed by atoms with Crippen molar-refractivity contribution in [2.75, 3.05) is 44.7 Å². The minimum Gasteiger partial charge on any atom is -0.386 e. The van der Waals surface area contributed by atoms with Gasteiger partial charge in [-0.15, -0.1) is 0 Å². The Balaban J connectivity index is 1.46. The first-order chi connectivity index (χ1) is 15.8. The van der Waals surface area contributed by atoms with E-state index < -0.39 is 11.0 Å². The summed E-state index contributed by atoms with van der Waals surface area (Å²) in [5.74, 6) is 0.422. The molecule has 33 heavy (non-hydrogen) atoms. The highest BCUT2D eigenvalue weighted by Gasteiger charge is 2.43. The highest BCUT2D eigenvalue weighted by molar-refractivity contribution is 5.83. The Kier molecular flexibility index (Phi) is 6.95. The largest absolute Gasteiger partial charge is 0.386 e. The second kappa shape index (κ2) is 9.73. The zero-order valence-corrected chi connectivity index (χ0v) is 19.6. The minimum absolute atomic E-state index is 0.0951. The van der Waals surface area contributed by atoms with Crippen LogP contribution in [0, 0.1) is 18.2 Å². The molecule has 2 aliphatic rings. The van der Waals surface area contributed by atoms with Crippen LogP contribution in [0.3, 0.4) is 0 Å². The zero-order valence-electron chi connectivity index (χ0n) is 19.6. The molecule has 7 nitrogen and oxygen atoms in total. The Bertz CT molecular complexity index is 979. The van der Waals surface area contributed by atoms with Crippen LogP contribution < -0.4 is 10.2 Å². The van der Waals surface area contributed by atoms with Crippen molar-refractivity contribution in [1.29, 1.82) is 0 Å². The molecular weight excluding hydrogens is 421 g/mol. The van der Waals surface area contributed by atoms with Gasteiger partial charge in [-0.1, -0.05) is 18.2 Å². The summed E-state index contributed by atoms with van der Waals surface area (Å²) in [6.45, 7) is 4.85. The second-order valence-corrected chi connectivity index (χ2v) is 9.80. The number of halogens is 1. The van der Waals surface area contributed by atoms with E-state index in [2.05, 4.69) is 25.1 Å². The number of amides is 1. The standard InChI is InChI=1S/C25H34FN5O2/c1-19-14-22(29-18-28-19)31-11-5-8-25(33,17-31)16-27-23(32)24(9-12-30(2)13-10-24)15-20-6-3-4-7-21(20)26/h3-4,6-7,14,18,33H,5,8-13,15-17H2,1-2H3,(H,27,32)/t25-/m1/s1. The lowest BCUT2D eigenvalue weighted by molar-refractivity contribution is -0.135. The lowest BCUT2D eigenvalue weighted by Gasteiger charge is -2.42. The van der Waals surface area contributed by atoms with E-state index in [9.17, 15) is 14.3 Å². The number of nitrogens with one attached hydrogen (secondary N) is 1. The topological polar surface area (TPSA) is 81.6 Å². The number of aryl methyl sites for hydroxylation is 1. The molecule has 8 heteroatoms. The molecule has 178 valence electrons. The van der Waals surface area contributed by atoms with Gasteiger partial charge >= 0.3 is 0 Å². The second-order valence-electron chi connectivity index (χ2n) is 9.80. The Morgan fingerprint density at radius 3 is 2.67 bits per heavy atom. The molecule has 0 radical (unpaired) electrons. The molecular formula is C25H34FN5O2. The van der Waals surface area contributed by atoms with E-state index in [1.165, 1.54) is 12.4 Å². The lowest BCUT2D eigenvalue weighted by Crippen LogP contribution is -2.57.